The number of hydrogen-bond acceptors (Lipinski definition) is 1. The van der Waals surface area contributed by atoms with Gasteiger partial charge in [0.1, 0.15) is 17.4 Å². The molecule has 0 aliphatic carbocycles. The topological polar surface area (TPSA) is 9.23 Å². The van der Waals surface area contributed by atoms with Gasteiger partial charge in [0, 0.05) is 0 Å². The van der Waals surface area contributed by atoms with Crippen LogP contribution in [-0.4, -0.2) is 7.11 Å². The average molecular weight is 445 g/mol. The van der Waals surface area contributed by atoms with Crippen molar-refractivity contribution in [3.63, 3.8) is 0 Å². The summed E-state index contributed by atoms with van der Waals surface area (Å²) in [7, 11) is 1.56. The lowest BCUT2D eigenvalue weighted by Crippen LogP contribution is -1.93. The van der Waals surface area contributed by atoms with Crippen LogP contribution in [0.1, 0.15) is 44.6 Å². The summed E-state index contributed by atoms with van der Waals surface area (Å²) < 4.78 is 35.0. The van der Waals surface area contributed by atoms with Gasteiger partial charge in [-0.15, -0.1) is 0 Å². The molecule has 0 unspecified atom stereocenters. The summed E-state index contributed by atoms with van der Waals surface area (Å²) in [6, 6.07) is 22.0. The highest BCUT2D eigenvalue weighted by molar-refractivity contribution is 5.88. The summed E-state index contributed by atoms with van der Waals surface area (Å²) in [5.74, 6) is -0.505. The van der Waals surface area contributed by atoms with Gasteiger partial charge in [-0.2, -0.15) is 0 Å². The van der Waals surface area contributed by atoms with Crippen LogP contribution in [0, 0.1) is 11.6 Å². The summed E-state index contributed by atoms with van der Waals surface area (Å²) in [6.07, 6.45) is 7.44. The Bertz CT molecular complexity index is 1200. The molecule has 0 spiro atoms. The van der Waals surface area contributed by atoms with Crippen LogP contribution in [0.3, 0.4) is 0 Å². The number of methoxy groups -OCH3 is 1. The van der Waals surface area contributed by atoms with Gasteiger partial charge in [0.15, 0.2) is 0 Å². The van der Waals surface area contributed by atoms with Crippen LogP contribution in [0.5, 0.6) is 5.75 Å². The molecule has 0 saturated heterocycles. The number of rotatable bonds is 9. The Morgan fingerprint density at radius 3 is 1.97 bits per heavy atom. The fourth-order valence-corrected chi connectivity index (χ4v) is 4.34. The van der Waals surface area contributed by atoms with Gasteiger partial charge in [0.25, 0.3) is 0 Å². The summed E-state index contributed by atoms with van der Waals surface area (Å²) in [4.78, 5) is 0. The predicted molar refractivity (Wildman–Crippen MR) is 134 cm³/mol. The highest BCUT2D eigenvalue weighted by atomic mass is 19.1. The molecular formula is C30H30F2O. The van der Waals surface area contributed by atoms with Crippen LogP contribution in [0.15, 0.2) is 72.8 Å². The van der Waals surface area contributed by atoms with Crippen LogP contribution in [0.4, 0.5) is 8.78 Å². The second kappa shape index (κ2) is 10.6. The van der Waals surface area contributed by atoms with Gasteiger partial charge in [0.05, 0.1) is 12.7 Å². The van der Waals surface area contributed by atoms with E-state index in [2.05, 4.69) is 25.1 Å². The summed E-state index contributed by atoms with van der Waals surface area (Å²) in [6.45, 7) is 2.23. The maximum atomic E-state index is 15.0. The maximum absolute atomic E-state index is 15.0. The molecule has 0 fully saturated rings. The Morgan fingerprint density at radius 2 is 1.27 bits per heavy atom. The first-order valence-electron chi connectivity index (χ1n) is 11.8. The van der Waals surface area contributed by atoms with Crippen LogP contribution in [0.2, 0.25) is 0 Å². The molecule has 4 rings (SSSR count). The first kappa shape index (κ1) is 23.0. The SMILES string of the molecule is CCCCCCCc1ccc2cc(-c3cc(F)c(-c4ccc(OC)cc4)c(F)c3)ccc2c1. The number of aryl methyl sites for hydroxylation is 1. The zero-order chi connectivity index (χ0) is 23.2. The summed E-state index contributed by atoms with van der Waals surface area (Å²) in [5, 5.41) is 2.22. The van der Waals surface area contributed by atoms with Gasteiger partial charge < -0.3 is 4.74 Å². The largest absolute Gasteiger partial charge is 0.497 e. The Hall–Kier alpha value is -3.20. The Morgan fingerprint density at radius 1 is 0.636 bits per heavy atom. The van der Waals surface area contributed by atoms with Crippen molar-refractivity contribution in [2.75, 3.05) is 7.11 Å². The molecule has 0 aliphatic rings. The number of ether oxygens (including phenoxy) is 1. The van der Waals surface area contributed by atoms with E-state index in [-0.39, 0.29) is 5.56 Å². The number of unbranched alkanes of at least 4 members (excludes halogenated alkanes) is 4. The van der Waals surface area contributed by atoms with E-state index in [1.807, 2.05) is 18.2 Å². The van der Waals surface area contributed by atoms with E-state index in [1.54, 1.807) is 31.4 Å². The molecular weight excluding hydrogens is 414 g/mol. The summed E-state index contributed by atoms with van der Waals surface area (Å²) in [5.41, 5.74) is 3.13. The van der Waals surface area contributed by atoms with Crippen molar-refractivity contribution < 1.29 is 13.5 Å². The third-order valence-corrected chi connectivity index (χ3v) is 6.23. The minimum absolute atomic E-state index is 0.0224. The Labute approximate surface area is 195 Å². The molecule has 0 atom stereocenters. The minimum Gasteiger partial charge on any atom is -0.497 e. The first-order valence-corrected chi connectivity index (χ1v) is 11.8. The molecule has 0 heterocycles. The van der Waals surface area contributed by atoms with Crippen molar-refractivity contribution in [2.24, 2.45) is 0 Å². The van der Waals surface area contributed by atoms with Gasteiger partial charge in [-0.25, -0.2) is 8.78 Å². The van der Waals surface area contributed by atoms with E-state index in [9.17, 15) is 8.78 Å². The lowest BCUT2D eigenvalue weighted by Gasteiger charge is -2.11. The van der Waals surface area contributed by atoms with E-state index >= 15 is 0 Å². The number of halogens is 2. The lowest BCUT2D eigenvalue weighted by molar-refractivity contribution is 0.415. The standard InChI is InChI=1S/C30H30F2O/c1-3-4-5-6-7-8-21-9-10-24-18-25(12-11-23(24)17-21)26-19-28(31)30(29(32)20-26)22-13-15-27(33-2)16-14-22/h9-20H,3-8H2,1-2H3. The second-order valence-corrected chi connectivity index (χ2v) is 8.60. The van der Waals surface area contributed by atoms with Crippen LogP contribution in [-0.2, 0) is 6.42 Å². The molecule has 3 heteroatoms. The van der Waals surface area contributed by atoms with Crippen molar-refractivity contribution >= 4 is 10.8 Å². The van der Waals surface area contributed by atoms with Crippen LogP contribution >= 0.6 is 0 Å². The zero-order valence-electron chi connectivity index (χ0n) is 19.3. The lowest BCUT2D eigenvalue weighted by atomic mass is 9.96. The molecule has 0 saturated carbocycles. The molecule has 0 N–H and O–H groups in total. The molecule has 4 aromatic rings. The van der Waals surface area contributed by atoms with Crippen LogP contribution in [0.25, 0.3) is 33.0 Å². The van der Waals surface area contributed by atoms with Crippen LogP contribution < -0.4 is 4.74 Å². The molecule has 0 amide bonds. The van der Waals surface area contributed by atoms with Crippen molar-refractivity contribution in [1.82, 2.24) is 0 Å². The fourth-order valence-electron chi connectivity index (χ4n) is 4.34. The molecule has 33 heavy (non-hydrogen) atoms. The van der Waals surface area contributed by atoms with Crippen molar-refractivity contribution in [2.45, 2.75) is 45.4 Å². The fraction of sp³-hybridized carbons (Fsp3) is 0.267. The van der Waals surface area contributed by atoms with Gasteiger partial charge in [-0.05, 0) is 76.2 Å². The highest BCUT2D eigenvalue weighted by Gasteiger charge is 2.15. The van der Waals surface area contributed by atoms with Gasteiger partial charge in [0.2, 0.25) is 0 Å². The molecule has 0 bridgehead atoms. The Kier molecular flexibility index (Phi) is 7.39. The molecule has 0 aromatic heterocycles. The Balaban J connectivity index is 1.56. The molecule has 0 aliphatic heterocycles. The summed E-state index contributed by atoms with van der Waals surface area (Å²) >= 11 is 0. The molecule has 1 nitrogen and oxygen atoms in total. The quantitative estimate of drug-likeness (QED) is 0.234. The highest BCUT2D eigenvalue weighted by Crippen LogP contribution is 2.33. The van der Waals surface area contributed by atoms with Crippen molar-refractivity contribution in [3.8, 4) is 28.0 Å². The van der Waals surface area contributed by atoms with Crippen molar-refractivity contribution in [1.29, 1.82) is 0 Å². The van der Waals surface area contributed by atoms with E-state index < -0.39 is 11.6 Å². The number of hydrogen-bond donors (Lipinski definition) is 0. The number of benzene rings is 4. The minimum atomic E-state index is -0.575. The van der Waals surface area contributed by atoms with Gasteiger partial charge in [-0.3, -0.25) is 0 Å². The third kappa shape index (κ3) is 5.42. The molecule has 0 radical (unpaired) electrons. The number of fused-ring (bicyclic) bond motifs is 1. The van der Waals surface area contributed by atoms with E-state index in [4.69, 9.17) is 4.74 Å². The van der Waals surface area contributed by atoms with Gasteiger partial charge in [-0.1, -0.05) is 75.1 Å². The van der Waals surface area contributed by atoms with Gasteiger partial charge >= 0.3 is 0 Å². The van der Waals surface area contributed by atoms with E-state index in [0.29, 0.717) is 16.9 Å². The third-order valence-electron chi connectivity index (χ3n) is 6.23. The molecule has 4 aromatic carbocycles. The smallest absolute Gasteiger partial charge is 0.134 e. The van der Waals surface area contributed by atoms with E-state index in [0.717, 1.165) is 22.8 Å². The average Bonchev–Trinajstić information content (AvgIpc) is 2.83. The zero-order valence-corrected chi connectivity index (χ0v) is 19.3. The monoisotopic (exact) mass is 444 g/mol. The predicted octanol–water partition coefficient (Wildman–Crippen LogP) is 8.97. The van der Waals surface area contributed by atoms with E-state index in [1.165, 1.54) is 49.8 Å². The normalized spacial score (nSPS) is 11.2. The van der Waals surface area contributed by atoms with Crippen molar-refractivity contribution in [3.05, 3.63) is 90.0 Å². The first-order chi connectivity index (χ1) is 16.1. The second-order valence-electron chi connectivity index (χ2n) is 8.60. The molecule has 170 valence electrons. The maximum Gasteiger partial charge on any atom is 0.134 e.